The van der Waals surface area contributed by atoms with Crippen LogP contribution in [0.15, 0.2) is 58.5 Å². The summed E-state index contributed by atoms with van der Waals surface area (Å²) in [6.45, 7) is 2.30. The molecule has 4 heterocycles. The number of nitrogens with zero attached hydrogens (tertiary/aromatic N) is 4. The van der Waals surface area contributed by atoms with Crippen molar-refractivity contribution in [3.8, 4) is 17.0 Å². The molecule has 0 spiro atoms. The number of hydrogen-bond acceptors (Lipinski definition) is 6. The molecule has 0 saturated carbocycles. The predicted octanol–water partition coefficient (Wildman–Crippen LogP) is 4.82. The number of para-hydroxylation sites is 1. The summed E-state index contributed by atoms with van der Waals surface area (Å²) in [4.78, 5) is 20.6. The van der Waals surface area contributed by atoms with E-state index in [1.165, 1.54) is 0 Å². The average Bonchev–Trinajstić information content (AvgIpc) is 3.48. The van der Waals surface area contributed by atoms with E-state index < -0.39 is 0 Å². The first-order valence-corrected chi connectivity index (χ1v) is 12.6. The molecule has 1 atom stereocenters. The van der Waals surface area contributed by atoms with Gasteiger partial charge in [0.15, 0.2) is 5.65 Å². The number of likely N-dealkylation sites (tertiary alicyclic amines) is 1. The van der Waals surface area contributed by atoms with Crippen LogP contribution in [0.25, 0.3) is 16.9 Å². The van der Waals surface area contributed by atoms with Crippen molar-refractivity contribution >= 4 is 44.6 Å². The summed E-state index contributed by atoms with van der Waals surface area (Å²) in [5, 5.41) is 20.3. The first-order chi connectivity index (χ1) is 16.1. The number of carbonyl (C=O) groups excluding carboxylic acids is 1. The monoisotopic (exact) mass is 525 g/mol. The maximum absolute atomic E-state index is 12.8. The number of fused-ring (bicyclic) bond motifs is 1. The largest absolute Gasteiger partial charge is 0.507 e. The zero-order chi connectivity index (χ0) is 22.8. The van der Waals surface area contributed by atoms with Crippen LogP contribution in [0.4, 0.5) is 5.82 Å². The minimum absolute atomic E-state index is 0.183. The number of carbonyl (C=O) groups is 1. The summed E-state index contributed by atoms with van der Waals surface area (Å²) >= 11 is 5.15. The third kappa shape index (κ3) is 4.74. The summed E-state index contributed by atoms with van der Waals surface area (Å²) < 4.78 is 2.54. The Balaban J connectivity index is 1.33. The molecule has 170 valence electrons. The highest BCUT2D eigenvalue weighted by Crippen LogP contribution is 2.31. The molecule has 9 heteroatoms. The molecular weight excluding hydrogens is 502 g/mol. The molecule has 3 aromatic heterocycles. The number of hydrogen-bond donors (Lipinski definition) is 2. The lowest BCUT2D eigenvalue weighted by Gasteiger charge is -2.33. The summed E-state index contributed by atoms with van der Waals surface area (Å²) in [6, 6.07) is 13.1. The van der Waals surface area contributed by atoms with E-state index in [2.05, 4.69) is 26.3 Å². The summed E-state index contributed by atoms with van der Waals surface area (Å²) in [5.74, 6) is 1.53. The van der Waals surface area contributed by atoms with Crippen molar-refractivity contribution in [1.29, 1.82) is 0 Å². The van der Waals surface area contributed by atoms with Crippen molar-refractivity contribution in [2.45, 2.75) is 19.3 Å². The summed E-state index contributed by atoms with van der Waals surface area (Å²) in [7, 11) is 0. The van der Waals surface area contributed by atoms with Crippen molar-refractivity contribution < 1.29 is 9.90 Å². The van der Waals surface area contributed by atoms with Crippen LogP contribution >= 0.6 is 27.3 Å². The molecule has 0 radical (unpaired) electrons. The Bertz CT molecular complexity index is 1270. The van der Waals surface area contributed by atoms with Gasteiger partial charge in [-0.15, -0.1) is 11.3 Å². The molecule has 4 aromatic rings. The molecule has 1 unspecified atom stereocenters. The Morgan fingerprint density at radius 3 is 2.97 bits per heavy atom. The second kappa shape index (κ2) is 9.52. The van der Waals surface area contributed by atoms with E-state index in [1.54, 1.807) is 34.2 Å². The molecule has 1 fully saturated rings. The van der Waals surface area contributed by atoms with Gasteiger partial charge in [-0.1, -0.05) is 18.2 Å². The van der Waals surface area contributed by atoms with E-state index >= 15 is 0 Å². The van der Waals surface area contributed by atoms with E-state index in [9.17, 15) is 9.90 Å². The highest BCUT2D eigenvalue weighted by Gasteiger charge is 2.24. The maximum atomic E-state index is 12.8. The number of piperidine rings is 1. The molecule has 2 N–H and O–H groups in total. The van der Waals surface area contributed by atoms with Crippen LogP contribution in [0.3, 0.4) is 0 Å². The molecule has 1 aliphatic heterocycles. The molecule has 1 amide bonds. The lowest BCUT2D eigenvalue weighted by atomic mass is 9.97. The number of benzene rings is 1. The van der Waals surface area contributed by atoms with Crippen LogP contribution < -0.4 is 5.32 Å². The number of aromatic nitrogens is 3. The minimum Gasteiger partial charge on any atom is -0.507 e. The number of anilines is 1. The van der Waals surface area contributed by atoms with Crippen LogP contribution in [0.2, 0.25) is 0 Å². The number of nitrogens with one attached hydrogen (secondary N) is 1. The first kappa shape index (κ1) is 21.9. The average molecular weight is 526 g/mol. The Morgan fingerprint density at radius 1 is 1.27 bits per heavy atom. The standard InChI is InChI=1S/C24H24BrN5O2S/c25-19-14-27-30-22(12-20(28-24(19)30)18-7-1-2-8-21(18)31)26-13-16-5-3-9-29(15-16)23(32)11-17-6-4-10-33-17/h1-2,4,6-8,10,12,14,16,26,31H,3,5,9,11,13,15H2. The number of thiophene rings is 1. The molecule has 0 aliphatic carbocycles. The third-order valence-corrected chi connectivity index (χ3v) is 7.39. The summed E-state index contributed by atoms with van der Waals surface area (Å²) in [5.41, 5.74) is 2.01. The van der Waals surface area contributed by atoms with E-state index in [0.29, 0.717) is 29.2 Å². The number of phenols is 1. The van der Waals surface area contributed by atoms with Gasteiger partial charge in [-0.2, -0.15) is 9.61 Å². The van der Waals surface area contributed by atoms with Gasteiger partial charge in [-0.25, -0.2) is 4.98 Å². The van der Waals surface area contributed by atoms with Crippen molar-refractivity contribution in [3.63, 3.8) is 0 Å². The zero-order valence-corrected chi connectivity index (χ0v) is 20.3. The lowest BCUT2D eigenvalue weighted by molar-refractivity contribution is -0.132. The van der Waals surface area contributed by atoms with Gasteiger partial charge < -0.3 is 15.3 Å². The van der Waals surface area contributed by atoms with Gasteiger partial charge in [0, 0.05) is 36.1 Å². The number of halogens is 1. The molecule has 1 aliphatic rings. The van der Waals surface area contributed by atoms with Crippen LogP contribution in [-0.4, -0.2) is 50.1 Å². The van der Waals surface area contributed by atoms with Crippen molar-refractivity contribution in [2.75, 3.05) is 25.0 Å². The lowest BCUT2D eigenvalue weighted by Crippen LogP contribution is -2.42. The van der Waals surface area contributed by atoms with E-state index in [0.717, 1.165) is 47.6 Å². The fourth-order valence-corrected chi connectivity index (χ4v) is 5.32. The highest BCUT2D eigenvalue weighted by atomic mass is 79.9. The number of rotatable bonds is 6. The van der Waals surface area contributed by atoms with Gasteiger partial charge in [0.2, 0.25) is 5.91 Å². The SMILES string of the molecule is O=C(Cc1cccs1)N1CCCC(CNc2cc(-c3ccccc3O)nc3c(Br)cnn23)C1. The molecule has 7 nitrogen and oxygen atoms in total. The van der Waals surface area contributed by atoms with Crippen molar-refractivity contribution in [2.24, 2.45) is 5.92 Å². The molecular formula is C24H24BrN5O2S. The van der Waals surface area contributed by atoms with Crippen LogP contribution in [0, 0.1) is 5.92 Å². The number of amides is 1. The van der Waals surface area contributed by atoms with Crippen LogP contribution in [-0.2, 0) is 11.2 Å². The molecule has 0 bridgehead atoms. The van der Waals surface area contributed by atoms with E-state index in [1.807, 2.05) is 40.6 Å². The van der Waals surface area contributed by atoms with Crippen LogP contribution in [0.1, 0.15) is 17.7 Å². The quantitative estimate of drug-likeness (QED) is 0.377. The molecule has 5 rings (SSSR count). The maximum Gasteiger partial charge on any atom is 0.227 e. The highest BCUT2D eigenvalue weighted by molar-refractivity contribution is 9.10. The number of phenolic OH excluding ortho intramolecular Hbond substituents is 1. The van der Waals surface area contributed by atoms with Crippen LogP contribution in [0.5, 0.6) is 5.75 Å². The second-order valence-electron chi connectivity index (χ2n) is 8.26. The van der Waals surface area contributed by atoms with Crippen molar-refractivity contribution in [3.05, 3.63) is 63.4 Å². The fraction of sp³-hybridized carbons (Fsp3) is 0.292. The normalized spacial score (nSPS) is 16.3. The first-order valence-electron chi connectivity index (χ1n) is 10.9. The van der Waals surface area contributed by atoms with Gasteiger partial charge in [0.1, 0.15) is 11.6 Å². The second-order valence-corrected chi connectivity index (χ2v) is 10.1. The topological polar surface area (TPSA) is 82.8 Å². The Hall–Kier alpha value is -2.91. The van der Waals surface area contributed by atoms with Gasteiger partial charge >= 0.3 is 0 Å². The molecule has 33 heavy (non-hydrogen) atoms. The van der Waals surface area contributed by atoms with Crippen molar-refractivity contribution in [1.82, 2.24) is 19.5 Å². The van der Waals surface area contributed by atoms with Gasteiger partial charge in [-0.05, 0) is 58.3 Å². The predicted molar refractivity (Wildman–Crippen MR) is 134 cm³/mol. The van der Waals surface area contributed by atoms with E-state index in [4.69, 9.17) is 4.98 Å². The van der Waals surface area contributed by atoms with Gasteiger partial charge in [-0.3, -0.25) is 4.79 Å². The minimum atomic E-state index is 0.183. The third-order valence-electron chi connectivity index (χ3n) is 5.96. The van der Waals surface area contributed by atoms with Gasteiger partial charge in [0.25, 0.3) is 0 Å². The smallest absolute Gasteiger partial charge is 0.227 e. The fourth-order valence-electron chi connectivity index (χ4n) is 4.27. The van der Waals surface area contributed by atoms with E-state index in [-0.39, 0.29) is 11.7 Å². The Labute approximate surface area is 204 Å². The Morgan fingerprint density at radius 2 is 2.15 bits per heavy atom. The molecule has 1 aromatic carbocycles. The zero-order valence-electron chi connectivity index (χ0n) is 17.9. The number of aromatic hydroxyl groups is 1. The van der Waals surface area contributed by atoms with Gasteiger partial charge in [0.05, 0.1) is 22.8 Å². The molecule has 1 saturated heterocycles. The summed E-state index contributed by atoms with van der Waals surface area (Å²) in [6.07, 6.45) is 4.27. The Kier molecular flexibility index (Phi) is 6.32.